The Balaban J connectivity index is 2.35. The van der Waals surface area contributed by atoms with Crippen LogP contribution in [0, 0.1) is 5.92 Å². The number of carbonyl (C=O) groups is 1. The second kappa shape index (κ2) is 10.2. The number of amides is 1. The monoisotopic (exact) mass is 321 g/mol. The third-order valence-electron chi connectivity index (χ3n) is 3.97. The molecule has 0 aromatic heterocycles. The van der Waals surface area contributed by atoms with Crippen LogP contribution < -0.4 is 15.8 Å². The van der Waals surface area contributed by atoms with Gasteiger partial charge in [0.15, 0.2) is 0 Å². The van der Waals surface area contributed by atoms with Gasteiger partial charge in [0.1, 0.15) is 5.75 Å². The number of hydrogen-bond donors (Lipinski definition) is 2. The van der Waals surface area contributed by atoms with Crippen LogP contribution in [-0.4, -0.2) is 44.1 Å². The molecule has 130 valence electrons. The first kappa shape index (κ1) is 19.5. The van der Waals surface area contributed by atoms with E-state index < -0.39 is 6.04 Å². The molecule has 5 heteroatoms. The van der Waals surface area contributed by atoms with Crippen LogP contribution in [0.2, 0.25) is 0 Å². The molecular formula is C18H31N3O2. The highest BCUT2D eigenvalue weighted by Crippen LogP contribution is 2.13. The van der Waals surface area contributed by atoms with Crippen molar-refractivity contribution < 1.29 is 9.53 Å². The van der Waals surface area contributed by atoms with Gasteiger partial charge < -0.3 is 20.7 Å². The summed E-state index contributed by atoms with van der Waals surface area (Å²) in [7, 11) is 4.10. The van der Waals surface area contributed by atoms with Crippen LogP contribution in [0.15, 0.2) is 24.3 Å². The molecule has 0 aliphatic carbocycles. The molecule has 0 fully saturated rings. The predicted octanol–water partition coefficient (Wildman–Crippen LogP) is 2.01. The Morgan fingerprint density at radius 1 is 1.30 bits per heavy atom. The number of hydrogen-bond acceptors (Lipinski definition) is 4. The van der Waals surface area contributed by atoms with E-state index in [1.165, 1.54) is 0 Å². The molecule has 23 heavy (non-hydrogen) atoms. The highest BCUT2D eigenvalue weighted by Gasteiger charge is 2.18. The van der Waals surface area contributed by atoms with Gasteiger partial charge in [0.05, 0.1) is 12.6 Å². The van der Waals surface area contributed by atoms with Gasteiger partial charge in [-0.15, -0.1) is 0 Å². The summed E-state index contributed by atoms with van der Waals surface area (Å²) in [5.74, 6) is 0.950. The molecule has 0 aliphatic rings. The quantitative estimate of drug-likeness (QED) is 0.647. The first-order valence-electron chi connectivity index (χ1n) is 8.33. The molecule has 2 unspecified atom stereocenters. The molecule has 0 heterocycles. The van der Waals surface area contributed by atoms with Crippen molar-refractivity contribution in [3.63, 3.8) is 0 Å². The fourth-order valence-electron chi connectivity index (χ4n) is 2.09. The summed E-state index contributed by atoms with van der Waals surface area (Å²) >= 11 is 0. The van der Waals surface area contributed by atoms with Crippen LogP contribution in [0.25, 0.3) is 0 Å². The Bertz CT molecular complexity index is 460. The van der Waals surface area contributed by atoms with Crippen molar-refractivity contribution in [3.8, 4) is 5.75 Å². The number of nitrogens with one attached hydrogen (secondary N) is 1. The molecule has 0 aliphatic heterocycles. The largest absolute Gasteiger partial charge is 0.494 e. The van der Waals surface area contributed by atoms with E-state index in [9.17, 15) is 4.79 Å². The lowest BCUT2D eigenvalue weighted by Gasteiger charge is -2.17. The molecule has 0 bridgehead atoms. The summed E-state index contributed by atoms with van der Waals surface area (Å²) in [6.07, 6.45) is 1.90. The van der Waals surface area contributed by atoms with Crippen molar-refractivity contribution in [1.29, 1.82) is 0 Å². The number of benzene rings is 1. The van der Waals surface area contributed by atoms with Crippen LogP contribution in [0.4, 0.5) is 0 Å². The fourth-order valence-corrected chi connectivity index (χ4v) is 2.09. The minimum absolute atomic E-state index is 0.0941. The van der Waals surface area contributed by atoms with Crippen LogP contribution in [-0.2, 0) is 11.3 Å². The van der Waals surface area contributed by atoms with E-state index in [0.717, 1.165) is 30.7 Å². The zero-order chi connectivity index (χ0) is 17.2. The second-order valence-corrected chi connectivity index (χ2v) is 6.28. The number of nitrogens with two attached hydrogens (primary N) is 1. The van der Waals surface area contributed by atoms with Crippen LogP contribution in [0.3, 0.4) is 0 Å². The zero-order valence-corrected chi connectivity index (χ0v) is 14.8. The topological polar surface area (TPSA) is 67.6 Å². The smallest absolute Gasteiger partial charge is 0.237 e. The van der Waals surface area contributed by atoms with E-state index in [2.05, 4.69) is 24.3 Å². The Morgan fingerprint density at radius 2 is 1.96 bits per heavy atom. The summed E-state index contributed by atoms with van der Waals surface area (Å²) in [5.41, 5.74) is 6.95. The van der Waals surface area contributed by atoms with Crippen molar-refractivity contribution in [2.75, 3.05) is 27.2 Å². The van der Waals surface area contributed by atoms with Gasteiger partial charge in [0.2, 0.25) is 5.91 Å². The van der Waals surface area contributed by atoms with Crippen molar-refractivity contribution >= 4 is 5.91 Å². The van der Waals surface area contributed by atoms with E-state index in [0.29, 0.717) is 13.2 Å². The molecule has 1 amide bonds. The Labute approximate surface area is 140 Å². The lowest BCUT2D eigenvalue weighted by molar-refractivity contribution is -0.123. The molecule has 1 rings (SSSR count). The lowest BCUT2D eigenvalue weighted by Crippen LogP contribution is -2.44. The van der Waals surface area contributed by atoms with Crippen molar-refractivity contribution in [3.05, 3.63) is 29.8 Å². The maximum absolute atomic E-state index is 11.9. The summed E-state index contributed by atoms with van der Waals surface area (Å²) in [6.45, 7) is 6.24. The van der Waals surface area contributed by atoms with Crippen molar-refractivity contribution in [2.24, 2.45) is 11.7 Å². The molecule has 1 aromatic carbocycles. The fraction of sp³-hybridized carbons (Fsp3) is 0.611. The third-order valence-corrected chi connectivity index (χ3v) is 3.97. The Kier molecular flexibility index (Phi) is 8.66. The molecule has 1 aromatic rings. The molecule has 0 radical (unpaired) electrons. The SMILES string of the molecule is CCC(C)C(N)C(=O)NCc1ccc(OCCCN(C)C)cc1. The van der Waals surface area contributed by atoms with Gasteiger partial charge in [-0.25, -0.2) is 0 Å². The summed E-state index contributed by atoms with van der Waals surface area (Å²) in [4.78, 5) is 14.1. The van der Waals surface area contributed by atoms with Crippen LogP contribution in [0.1, 0.15) is 32.3 Å². The summed E-state index contributed by atoms with van der Waals surface area (Å²) in [6, 6.07) is 7.36. The molecule has 5 nitrogen and oxygen atoms in total. The first-order valence-corrected chi connectivity index (χ1v) is 8.33. The maximum Gasteiger partial charge on any atom is 0.237 e. The average Bonchev–Trinajstić information content (AvgIpc) is 2.56. The van der Waals surface area contributed by atoms with Crippen molar-refractivity contribution in [2.45, 2.75) is 39.3 Å². The molecule has 0 spiro atoms. The molecule has 0 saturated carbocycles. The molecule has 0 saturated heterocycles. The highest BCUT2D eigenvalue weighted by molar-refractivity contribution is 5.81. The second-order valence-electron chi connectivity index (χ2n) is 6.28. The maximum atomic E-state index is 11.9. The standard InChI is InChI=1S/C18H31N3O2/c1-5-14(2)17(19)18(22)20-13-15-7-9-16(10-8-15)23-12-6-11-21(3)4/h7-10,14,17H,5-6,11-13,19H2,1-4H3,(H,20,22). The van der Waals surface area contributed by atoms with E-state index in [4.69, 9.17) is 10.5 Å². The Morgan fingerprint density at radius 3 is 2.52 bits per heavy atom. The summed E-state index contributed by atoms with van der Waals surface area (Å²) in [5, 5.41) is 2.89. The van der Waals surface area contributed by atoms with E-state index in [1.54, 1.807) is 0 Å². The molecule has 3 N–H and O–H groups in total. The minimum Gasteiger partial charge on any atom is -0.494 e. The van der Waals surface area contributed by atoms with Gasteiger partial charge in [-0.3, -0.25) is 4.79 Å². The van der Waals surface area contributed by atoms with Crippen LogP contribution in [0.5, 0.6) is 5.75 Å². The third kappa shape index (κ3) is 7.48. The van der Waals surface area contributed by atoms with Crippen LogP contribution >= 0.6 is 0 Å². The van der Waals surface area contributed by atoms with E-state index in [-0.39, 0.29) is 11.8 Å². The van der Waals surface area contributed by atoms with Gasteiger partial charge in [0, 0.05) is 13.1 Å². The summed E-state index contributed by atoms with van der Waals surface area (Å²) < 4.78 is 5.69. The first-order chi connectivity index (χ1) is 10.9. The highest BCUT2D eigenvalue weighted by atomic mass is 16.5. The lowest BCUT2D eigenvalue weighted by atomic mass is 9.99. The number of nitrogens with zero attached hydrogens (tertiary/aromatic N) is 1. The number of rotatable bonds is 10. The predicted molar refractivity (Wildman–Crippen MR) is 94.4 cm³/mol. The van der Waals surface area contributed by atoms with E-state index >= 15 is 0 Å². The minimum atomic E-state index is -0.445. The van der Waals surface area contributed by atoms with Gasteiger partial charge in [-0.05, 0) is 44.1 Å². The average molecular weight is 321 g/mol. The number of carbonyl (C=O) groups excluding carboxylic acids is 1. The molecular weight excluding hydrogens is 290 g/mol. The van der Waals surface area contributed by atoms with Gasteiger partial charge in [-0.1, -0.05) is 32.4 Å². The van der Waals surface area contributed by atoms with Gasteiger partial charge >= 0.3 is 0 Å². The molecule has 2 atom stereocenters. The van der Waals surface area contributed by atoms with Gasteiger partial charge in [-0.2, -0.15) is 0 Å². The number of ether oxygens (including phenoxy) is 1. The van der Waals surface area contributed by atoms with Gasteiger partial charge in [0.25, 0.3) is 0 Å². The zero-order valence-electron chi connectivity index (χ0n) is 14.8. The normalized spacial score (nSPS) is 13.7. The van der Waals surface area contributed by atoms with E-state index in [1.807, 2.05) is 38.1 Å². The Hall–Kier alpha value is -1.59. The van der Waals surface area contributed by atoms with Crippen molar-refractivity contribution in [1.82, 2.24) is 10.2 Å².